The van der Waals surface area contributed by atoms with Crippen LogP contribution >= 0.6 is 0 Å². The second-order valence-corrected chi connectivity index (χ2v) is 6.84. The van der Waals surface area contributed by atoms with Crippen molar-refractivity contribution in [1.82, 2.24) is 4.90 Å². The molecule has 1 aliphatic rings. The highest BCUT2D eigenvalue weighted by atomic mass is 16.5. The number of benzene rings is 2. The molecule has 3 rings (SSSR count). The van der Waals surface area contributed by atoms with Crippen LogP contribution in [0.15, 0.2) is 48.5 Å². The Labute approximate surface area is 160 Å². The summed E-state index contributed by atoms with van der Waals surface area (Å²) >= 11 is 0. The van der Waals surface area contributed by atoms with Gasteiger partial charge in [0.1, 0.15) is 11.5 Å². The van der Waals surface area contributed by atoms with Crippen LogP contribution < -0.4 is 9.47 Å². The molecule has 1 saturated heterocycles. The van der Waals surface area contributed by atoms with Crippen molar-refractivity contribution in [3.05, 3.63) is 59.7 Å². The van der Waals surface area contributed by atoms with Crippen LogP contribution in [0.3, 0.4) is 0 Å². The van der Waals surface area contributed by atoms with Crippen molar-refractivity contribution in [1.29, 1.82) is 0 Å². The van der Waals surface area contributed by atoms with Gasteiger partial charge < -0.3 is 19.1 Å². The zero-order valence-corrected chi connectivity index (χ0v) is 16.0. The number of likely N-dealkylation sites (tertiary alicyclic amines) is 1. The molecule has 1 fully saturated rings. The van der Waals surface area contributed by atoms with Gasteiger partial charge in [-0.15, -0.1) is 0 Å². The maximum absolute atomic E-state index is 12.8. The first kappa shape index (κ1) is 19.2. The van der Waals surface area contributed by atoms with E-state index in [0.29, 0.717) is 29.6 Å². The zero-order chi connectivity index (χ0) is 19.1. The molecule has 0 saturated carbocycles. The van der Waals surface area contributed by atoms with Crippen LogP contribution in [0.5, 0.6) is 11.5 Å². The molecule has 1 aliphatic heterocycles. The minimum absolute atomic E-state index is 0.0239. The number of rotatable bonds is 7. The third-order valence-corrected chi connectivity index (χ3v) is 4.97. The van der Waals surface area contributed by atoms with Crippen LogP contribution in [0, 0.1) is 5.92 Å². The Morgan fingerprint density at radius 1 is 1.00 bits per heavy atom. The quantitative estimate of drug-likeness (QED) is 0.745. The lowest BCUT2D eigenvalue weighted by Crippen LogP contribution is -2.39. The molecule has 0 aliphatic carbocycles. The smallest absolute Gasteiger partial charge is 0.254 e. The molecule has 1 amide bonds. The summed E-state index contributed by atoms with van der Waals surface area (Å²) in [6.45, 7) is 2.88. The Kier molecular flexibility index (Phi) is 6.71. The molecule has 144 valence electrons. The van der Waals surface area contributed by atoms with Crippen LogP contribution in [-0.2, 0) is 11.3 Å². The Balaban J connectivity index is 1.49. The summed E-state index contributed by atoms with van der Waals surface area (Å²) in [5, 5.41) is 0. The standard InChI is InChI=1S/C22H27NO4/c1-25-20-12-19(13-21(14-20)26-2)22(24)23-10-8-18(9-11-23)16-27-15-17-6-4-3-5-7-17/h3-7,12-14,18H,8-11,15-16H2,1-2H3. The summed E-state index contributed by atoms with van der Waals surface area (Å²) in [7, 11) is 3.17. The summed E-state index contributed by atoms with van der Waals surface area (Å²) in [6, 6.07) is 15.5. The Bertz CT molecular complexity index is 717. The largest absolute Gasteiger partial charge is 0.497 e. The van der Waals surface area contributed by atoms with Crippen LogP contribution in [0.1, 0.15) is 28.8 Å². The topological polar surface area (TPSA) is 48.0 Å². The molecule has 5 nitrogen and oxygen atoms in total. The maximum atomic E-state index is 12.8. The number of ether oxygens (including phenoxy) is 3. The monoisotopic (exact) mass is 369 g/mol. The summed E-state index contributed by atoms with van der Waals surface area (Å²) in [4.78, 5) is 14.7. The van der Waals surface area contributed by atoms with Gasteiger partial charge in [-0.1, -0.05) is 30.3 Å². The van der Waals surface area contributed by atoms with Crippen molar-refractivity contribution in [2.24, 2.45) is 5.92 Å². The number of hydrogen-bond donors (Lipinski definition) is 0. The molecule has 27 heavy (non-hydrogen) atoms. The Hall–Kier alpha value is -2.53. The SMILES string of the molecule is COc1cc(OC)cc(C(=O)N2CCC(COCc3ccccc3)CC2)c1. The fourth-order valence-electron chi connectivity index (χ4n) is 3.33. The molecule has 0 unspecified atom stereocenters. The number of carbonyl (C=O) groups excluding carboxylic acids is 1. The second kappa shape index (κ2) is 9.42. The van der Waals surface area contributed by atoms with E-state index in [0.717, 1.165) is 32.5 Å². The Morgan fingerprint density at radius 3 is 2.22 bits per heavy atom. The average molecular weight is 369 g/mol. The fourth-order valence-corrected chi connectivity index (χ4v) is 3.33. The van der Waals surface area contributed by atoms with Crippen LogP contribution in [0.25, 0.3) is 0 Å². The van der Waals surface area contributed by atoms with E-state index in [1.54, 1.807) is 32.4 Å². The molecular weight excluding hydrogens is 342 g/mol. The number of hydrogen-bond acceptors (Lipinski definition) is 4. The van der Waals surface area contributed by atoms with Crippen molar-refractivity contribution in [3.8, 4) is 11.5 Å². The normalized spacial score (nSPS) is 14.8. The summed E-state index contributed by atoms with van der Waals surface area (Å²) < 4.78 is 16.4. The summed E-state index contributed by atoms with van der Waals surface area (Å²) in [5.74, 6) is 1.78. The van der Waals surface area contributed by atoms with Crippen LogP contribution in [0.4, 0.5) is 0 Å². The fraction of sp³-hybridized carbons (Fsp3) is 0.409. The lowest BCUT2D eigenvalue weighted by atomic mass is 9.97. The molecule has 0 bridgehead atoms. The molecule has 0 radical (unpaired) electrons. The van der Waals surface area contributed by atoms with E-state index in [1.165, 1.54) is 5.56 Å². The van der Waals surface area contributed by atoms with Gasteiger partial charge in [0.25, 0.3) is 5.91 Å². The van der Waals surface area contributed by atoms with E-state index in [2.05, 4.69) is 12.1 Å². The number of nitrogens with zero attached hydrogens (tertiary/aromatic N) is 1. The van der Waals surface area contributed by atoms with Crippen molar-refractivity contribution >= 4 is 5.91 Å². The van der Waals surface area contributed by atoms with Gasteiger partial charge in [0.2, 0.25) is 0 Å². The van der Waals surface area contributed by atoms with Gasteiger partial charge in [0.15, 0.2) is 0 Å². The van der Waals surface area contributed by atoms with Gasteiger partial charge >= 0.3 is 0 Å². The molecule has 1 heterocycles. The summed E-state index contributed by atoms with van der Waals surface area (Å²) in [6.07, 6.45) is 1.92. The molecule has 2 aromatic carbocycles. The Morgan fingerprint density at radius 2 is 1.63 bits per heavy atom. The van der Waals surface area contributed by atoms with Gasteiger partial charge in [-0.05, 0) is 36.5 Å². The van der Waals surface area contributed by atoms with Gasteiger partial charge in [0.05, 0.1) is 20.8 Å². The molecule has 0 aromatic heterocycles. The minimum Gasteiger partial charge on any atom is -0.497 e. The highest BCUT2D eigenvalue weighted by Gasteiger charge is 2.24. The lowest BCUT2D eigenvalue weighted by molar-refractivity contribution is 0.0478. The zero-order valence-electron chi connectivity index (χ0n) is 16.0. The van der Waals surface area contributed by atoms with E-state index in [1.807, 2.05) is 23.1 Å². The first-order chi connectivity index (χ1) is 13.2. The van der Waals surface area contributed by atoms with Crippen molar-refractivity contribution < 1.29 is 19.0 Å². The highest BCUT2D eigenvalue weighted by molar-refractivity contribution is 5.95. The van der Waals surface area contributed by atoms with Crippen LogP contribution in [-0.4, -0.2) is 44.7 Å². The van der Waals surface area contributed by atoms with Crippen LogP contribution in [0.2, 0.25) is 0 Å². The summed E-state index contributed by atoms with van der Waals surface area (Å²) in [5.41, 5.74) is 1.79. The number of amides is 1. The molecule has 0 N–H and O–H groups in total. The highest BCUT2D eigenvalue weighted by Crippen LogP contribution is 2.25. The predicted octanol–water partition coefficient (Wildman–Crippen LogP) is 3.77. The van der Waals surface area contributed by atoms with Gasteiger partial charge in [0, 0.05) is 31.3 Å². The molecule has 0 atom stereocenters. The van der Waals surface area contributed by atoms with E-state index in [-0.39, 0.29) is 5.91 Å². The van der Waals surface area contributed by atoms with Crippen molar-refractivity contribution in [2.45, 2.75) is 19.4 Å². The van der Waals surface area contributed by atoms with Gasteiger partial charge in [-0.2, -0.15) is 0 Å². The first-order valence-corrected chi connectivity index (χ1v) is 9.33. The first-order valence-electron chi connectivity index (χ1n) is 9.33. The van der Waals surface area contributed by atoms with Crippen molar-refractivity contribution in [2.75, 3.05) is 33.9 Å². The van der Waals surface area contributed by atoms with Gasteiger partial charge in [-0.25, -0.2) is 0 Å². The van der Waals surface area contributed by atoms with E-state index < -0.39 is 0 Å². The second-order valence-electron chi connectivity index (χ2n) is 6.84. The third-order valence-electron chi connectivity index (χ3n) is 4.97. The lowest BCUT2D eigenvalue weighted by Gasteiger charge is -2.32. The number of carbonyl (C=O) groups is 1. The third kappa shape index (κ3) is 5.23. The predicted molar refractivity (Wildman–Crippen MR) is 104 cm³/mol. The van der Waals surface area contributed by atoms with E-state index in [4.69, 9.17) is 14.2 Å². The molecule has 5 heteroatoms. The van der Waals surface area contributed by atoms with E-state index in [9.17, 15) is 4.79 Å². The maximum Gasteiger partial charge on any atom is 0.254 e. The van der Waals surface area contributed by atoms with E-state index >= 15 is 0 Å². The molecule has 2 aromatic rings. The minimum atomic E-state index is 0.0239. The van der Waals surface area contributed by atoms with Gasteiger partial charge in [-0.3, -0.25) is 4.79 Å². The molecular formula is C22H27NO4. The number of methoxy groups -OCH3 is 2. The number of piperidine rings is 1. The van der Waals surface area contributed by atoms with Crippen molar-refractivity contribution in [3.63, 3.8) is 0 Å². The molecule has 0 spiro atoms. The average Bonchev–Trinajstić information content (AvgIpc) is 2.74.